The minimum absolute atomic E-state index is 0.0974. The van der Waals surface area contributed by atoms with Crippen LogP contribution in [0.15, 0.2) is 28.7 Å². The molecule has 0 spiro atoms. The van der Waals surface area contributed by atoms with Gasteiger partial charge in [-0.05, 0) is 24.5 Å². The second kappa shape index (κ2) is 5.88. The average Bonchev–Trinajstić information content (AvgIpc) is 2.18. The van der Waals surface area contributed by atoms with Gasteiger partial charge in [0.2, 0.25) is 0 Å². The first-order valence-electron chi connectivity index (χ1n) is 4.80. The fourth-order valence-electron chi connectivity index (χ4n) is 1.36. The minimum atomic E-state index is -0.794. The summed E-state index contributed by atoms with van der Waals surface area (Å²) in [6.07, 6.45) is 1.34. The van der Waals surface area contributed by atoms with Crippen molar-refractivity contribution in [2.45, 2.75) is 25.3 Å². The SMILES string of the molecule is NC(CCC(=O)O)Cc1ccccc1Br. The first-order valence-corrected chi connectivity index (χ1v) is 5.59. The van der Waals surface area contributed by atoms with E-state index in [-0.39, 0.29) is 12.5 Å². The first-order chi connectivity index (χ1) is 7.09. The number of hydrogen-bond acceptors (Lipinski definition) is 2. The molecule has 3 N–H and O–H groups in total. The Labute approximate surface area is 97.4 Å². The van der Waals surface area contributed by atoms with Gasteiger partial charge in [0, 0.05) is 16.9 Å². The lowest BCUT2D eigenvalue weighted by molar-refractivity contribution is -0.137. The molecule has 1 aromatic rings. The van der Waals surface area contributed by atoms with E-state index in [4.69, 9.17) is 10.8 Å². The number of carbonyl (C=O) groups is 1. The molecule has 0 aromatic heterocycles. The fourth-order valence-corrected chi connectivity index (χ4v) is 1.80. The van der Waals surface area contributed by atoms with Gasteiger partial charge in [-0.2, -0.15) is 0 Å². The normalized spacial score (nSPS) is 12.4. The summed E-state index contributed by atoms with van der Waals surface area (Å²) in [5, 5.41) is 8.52. The van der Waals surface area contributed by atoms with Crippen molar-refractivity contribution in [1.29, 1.82) is 0 Å². The lowest BCUT2D eigenvalue weighted by Gasteiger charge is -2.11. The third kappa shape index (κ3) is 4.44. The van der Waals surface area contributed by atoms with Crippen LogP contribution in [0.25, 0.3) is 0 Å². The van der Waals surface area contributed by atoms with Crippen molar-refractivity contribution in [2.24, 2.45) is 5.73 Å². The number of halogens is 1. The Balaban J connectivity index is 2.47. The molecule has 4 heteroatoms. The predicted molar refractivity (Wildman–Crippen MR) is 62.7 cm³/mol. The molecule has 1 rings (SSSR count). The van der Waals surface area contributed by atoms with E-state index in [9.17, 15) is 4.79 Å². The fraction of sp³-hybridized carbons (Fsp3) is 0.364. The van der Waals surface area contributed by atoms with Gasteiger partial charge in [0.05, 0.1) is 0 Å². The highest BCUT2D eigenvalue weighted by molar-refractivity contribution is 9.10. The molecule has 1 aromatic carbocycles. The van der Waals surface area contributed by atoms with Crippen LogP contribution >= 0.6 is 15.9 Å². The van der Waals surface area contributed by atoms with E-state index in [1.165, 1.54) is 0 Å². The Morgan fingerprint density at radius 2 is 2.13 bits per heavy atom. The number of nitrogens with two attached hydrogens (primary N) is 1. The van der Waals surface area contributed by atoms with Crippen LogP contribution in [0.2, 0.25) is 0 Å². The Hall–Kier alpha value is -0.870. The van der Waals surface area contributed by atoms with Gasteiger partial charge in [0.1, 0.15) is 0 Å². The number of carboxylic acid groups (broad SMARTS) is 1. The smallest absolute Gasteiger partial charge is 0.303 e. The molecule has 0 radical (unpaired) electrons. The summed E-state index contributed by atoms with van der Waals surface area (Å²) in [6.45, 7) is 0. The highest BCUT2D eigenvalue weighted by atomic mass is 79.9. The van der Waals surface area contributed by atoms with E-state index in [2.05, 4.69) is 15.9 Å². The van der Waals surface area contributed by atoms with E-state index in [1.54, 1.807) is 0 Å². The second-order valence-electron chi connectivity index (χ2n) is 3.49. The molecule has 0 heterocycles. The summed E-state index contributed by atoms with van der Waals surface area (Å²) in [6, 6.07) is 7.74. The zero-order valence-corrected chi connectivity index (χ0v) is 9.90. The van der Waals surface area contributed by atoms with Crippen molar-refractivity contribution in [1.82, 2.24) is 0 Å². The van der Waals surface area contributed by atoms with Crippen molar-refractivity contribution in [2.75, 3.05) is 0 Å². The summed E-state index contributed by atoms with van der Waals surface area (Å²) in [5.41, 5.74) is 6.96. The molecule has 0 aliphatic heterocycles. The van der Waals surface area contributed by atoms with Gasteiger partial charge in [-0.3, -0.25) is 4.79 Å². The van der Waals surface area contributed by atoms with E-state index >= 15 is 0 Å². The molecule has 82 valence electrons. The number of carboxylic acids is 1. The van der Waals surface area contributed by atoms with Gasteiger partial charge >= 0.3 is 5.97 Å². The maximum atomic E-state index is 10.4. The zero-order valence-electron chi connectivity index (χ0n) is 8.32. The van der Waals surface area contributed by atoms with Gasteiger partial charge in [-0.25, -0.2) is 0 Å². The van der Waals surface area contributed by atoms with E-state index in [1.807, 2.05) is 24.3 Å². The molecule has 0 aliphatic carbocycles. The molecule has 3 nitrogen and oxygen atoms in total. The van der Waals surface area contributed by atoms with Crippen LogP contribution in [0.3, 0.4) is 0 Å². The Morgan fingerprint density at radius 3 is 2.73 bits per heavy atom. The van der Waals surface area contributed by atoms with Crippen LogP contribution in [0.4, 0.5) is 0 Å². The van der Waals surface area contributed by atoms with Crippen LogP contribution in [-0.4, -0.2) is 17.1 Å². The molecule has 0 aliphatic rings. The van der Waals surface area contributed by atoms with Crippen molar-refractivity contribution in [3.8, 4) is 0 Å². The first kappa shape index (κ1) is 12.2. The van der Waals surface area contributed by atoms with Crippen molar-refractivity contribution in [3.63, 3.8) is 0 Å². The van der Waals surface area contributed by atoms with Crippen molar-refractivity contribution >= 4 is 21.9 Å². The highest BCUT2D eigenvalue weighted by Crippen LogP contribution is 2.17. The standard InChI is InChI=1S/C11H14BrNO2/c12-10-4-2-1-3-8(10)7-9(13)5-6-11(14)15/h1-4,9H,5-7,13H2,(H,14,15). The monoisotopic (exact) mass is 271 g/mol. The minimum Gasteiger partial charge on any atom is -0.481 e. The average molecular weight is 272 g/mol. The quantitative estimate of drug-likeness (QED) is 0.863. The van der Waals surface area contributed by atoms with E-state index in [0.29, 0.717) is 12.8 Å². The lowest BCUT2D eigenvalue weighted by atomic mass is 10.0. The molecule has 0 bridgehead atoms. The molecule has 0 saturated heterocycles. The van der Waals surface area contributed by atoms with Crippen molar-refractivity contribution in [3.05, 3.63) is 34.3 Å². The summed E-state index contributed by atoms with van der Waals surface area (Å²) in [7, 11) is 0. The highest BCUT2D eigenvalue weighted by Gasteiger charge is 2.08. The van der Waals surface area contributed by atoms with Crippen LogP contribution in [0, 0.1) is 0 Å². The number of hydrogen-bond donors (Lipinski definition) is 2. The largest absolute Gasteiger partial charge is 0.481 e. The van der Waals surface area contributed by atoms with Gasteiger partial charge in [-0.15, -0.1) is 0 Å². The second-order valence-corrected chi connectivity index (χ2v) is 4.34. The summed E-state index contributed by atoms with van der Waals surface area (Å²) >= 11 is 3.43. The number of aliphatic carboxylic acids is 1. The number of rotatable bonds is 5. The van der Waals surface area contributed by atoms with Crippen LogP contribution < -0.4 is 5.73 Å². The van der Waals surface area contributed by atoms with Crippen LogP contribution in [-0.2, 0) is 11.2 Å². The molecule has 1 atom stereocenters. The summed E-state index contributed by atoms with van der Waals surface area (Å²) in [4.78, 5) is 10.4. The Kier molecular flexibility index (Phi) is 4.78. The zero-order chi connectivity index (χ0) is 11.3. The van der Waals surface area contributed by atoms with Gasteiger partial charge < -0.3 is 10.8 Å². The van der Waals surface area contributed by atoms with Crippen LogP contribution in [0.1, 0.15) is 18.4 Å². The molecular formula is C11H14BrNO2. The maximum Gasteiger partial charge on any atom is 0.303 e. The molecule has 0 amide bonds. The topological polar surface area (TPSA) is 63.3 Å². The molecule has 0 fully saturated rings. The summed E-state index contributed by atoms with van der Waals surface area (Å²) < 4.78 is 1.02. The number of benzene rings is 1. The Morgan fingerprint density at radius 1 is 1.47 bits per heavy atom. The Bertz CT molecular complexity index is 341. The molecule has 15 heavy (non-hydrogen) atoms. The van der Waals surface area contributed by atoms with E-state index < -0.39 is 5.97 Å². The molecule has 1 unspecified atom stereocenters. The van der Waals surface area contributed by atoms with Gasteiger partial charge in [0.15, 0.2) is 0 Å². The molecule has 0 saturated carbocycles. The van der Waals surface area contributed by atoms with Crippen LogP contribution in [0.5, 0.6) is 0 Å². The van der Waals surface area contributed by atoms with Gasteiger partial charge in [-0.1, -0.05) is 34.1 Å². The summed E-state index contributed by atoms with van der Waals surface area (Å²) in [5.74, 6) is -0.794. The maximum absolute atomic E-state index is 10.4. The van der Waals surface area contributed by atoms with E-state index in [0.717, 1.165) is 10.0 Å². The molecular weight excluding hydrogens is 258 g/mol. The van der Waals surface area contributed by atoms with Crippen molar-refractivity contribution < 1.29 is 9.90 Å². The third-order valence-electron chi connectivity index (χ3n) is 2.17. The lowest BCUT2D eigenvalue weighted by Crippen LogP contribution is -2.23. The predicted octanol–water partition coefficient (Wildman–Crippen LogP) is 2.18. The van der Waals surface area contributed by atoms with Gasteiger partial charge in [0.25, 0.3) is 0 Å². The third-order valence-corrected chi connectivity index (χ3v) is 2.94.